The molecule has 3 aromatic rings. The average Bonchev–Trinajstić information content (AvgIpc) is 2.75. The van der Waals surface area contributed by atoms with Crippen LogP contribution >= 0.6 is 35.1 Å². The van der Waals surface area contributed by atoms with Gasteiger partial charge in [0, 0.05) is 32.5 Å². The van der Waals surface area contributed by atoms with Gasteiger partial charge >= 0.3 is 0 Å². The standard InChI is InChI=1S/C24H26ClNO3S2/c1-17-11-12-26(28)23(27)22(17)14-29-19-5-4-6-21(13-19)31-16-24(2,3)15-30-20-9-7-18(25)8-10-20/h4-13,28H,14-16H2,1-3H3. The zero-order valence-corrected chi connectivity index (χ0v) is 20.2. The van der Waals surface area contributed by atoms with Crippen LogP contribution in [0.25, 0.3) is 0 Å². The number of aryl methyl sites for hydroxylation is 1. The number of hydrogen-bond acceptors (Lipinski definition) is 5. The minimum atomic E-state index is -0.453. The van der Waals surface area contributed by atoms with Gasteiger partial charge in [-0.25, -0.2) is 0 Å². The van der Waals surface area contributed by atoms with Gasteiger partial charge in [-0.15, -0.1) is 23.5 Å². The molecule has 0 aliphatic carbocycles. The summed E-state index contributed by atoms with van der Waals surface area (Å²) in [4.78, 5) is 14.4. The summed E-state index contributed by atoms with van der Waals surface area (Å²) in [5.41, 5.74) is 0.925. The normalized spacial score (nSPS) is 11.5. The molecule has 2 aromatic carbocycles. The van der Waals surface area contributed by atoms with E-state index in [1.54, 1.807) is 17.8 Å². The molecule has 4 nitrogen and oxygen atoms in total. The van der Waals surface area contributed by atoms with Crippen LogP contribution in [0, 0.1) is 12.3 Å². The Kier molecular flexibility index (Phi) is 8.03. The molecule has 1 aromatic heterocycles. The van der Waals surface area contributed by atoms with Crippen LogP contribution in [0.3, 0.4) is 0 Å². The Morgan fingerprint density at radius 3 is 2.42 bits per heavy atom. The third-order valence-corrected chi connectivity index (χ3v) is 7.97. The summed E-state index contributed by atoms with van der Waals surface area (Å²) in [5.74, 6) is 2.66. The quantitative estimate of drug-likeness (QED) is 0.281. The smallest absolute Gasteiger partial charge is 0.289 e. The summed E-state index contributed by atoms with van der Waals surface area (Å²) in [6, 6.07) is 17.5. The molecule has 0 bridgehead atoms. The van der Waals surface area contributed by atoms with Gasteiger partial charge in [0.25, 0.3) is 5.56 Å². The Morgan fingerprint density at radius 1 is 1.03 bits per heavy atom. The van der Waals surface area contributed by atoms with Crippen LogP contribution in [0.2, 0.25) is 5.02 Å². The van der Waals surface area contributed by atoms with Crippen molar-refractivity contribution in [3.8, 4) is 5.75 Å². The Bertz CT molecular complexity index is 1080. The average molecular weight is 476 g/mol. The summed E-state index contributed by atoms with van der Waals surface area (Å²) in [6.45, 7) is 6.47. The molecule has 0 atom stereocenters. The maximum absolute atomic E-state index is 12.1. The van der Waals surface area contributed by atoms with Crippen LogP contribution in [0.4, 0.5) is 0 Å². The Labute approximate surface area is 196 Å². The first-order valence-electron chi connectivity index (χ1n) is 9.88. The second kappa shape index (κ2) is 10.5. The maximum atomic E-state index is 12.1. The number of halogens is 1. The van der Waals surface area contributed by atoms with E-state index < -0.39 is 5.56 Å². The molecule has 0 saturated heterocycles. The minimum absolute atomic E-state index is 0.114. The Morgan fingerprint density at radius 2 is 1.71 bits per heavy atom. The van der Waals surface area contributed by atoms with Crippen molar-refractivity contribution in [2.24, 2.45) is 5.41 Å². The second-order valence-corrected chi connectivity index (χ2v) is 10.6. The topological polar surface area (TPSA) is 51.5 Å². The van der Waals surface area contributed by atoms with Gasteiger partial charge < -0.3 is 9.94 Å². The van der Waals surface area contributed by atoms with Crippen molar-refractivity contribution in [2.75, 3.05) is 11.5 Å². The van der Waals surface area contributed by atoms with Crippen molar-refractivity contribution in [3.63, 3.8) is 0 Å². The van der Waals surface area contributed by atoms with E-state index in [9.17, 15) is 10.0 Å². The molecule has 0 aliphatic heterocycles. The summed E-state index contributed by atoms with van der Waals surface area (Å²) in [5, 5.41) is 10.3. The molecule has 0 amide bonds. The van der Waals surface area contributed by atoms with E-state index in [1.165, 1.54) is 11.1 Å². The number of pyridine rings is 1. The van der Waals surface area contributed by atoms with Crippen molar-refractivity contribution in [1.29, 1.82) is 0 Å². The van der Waals surface area contributed by atoms with Crippen LogP contribution in [-0.4, -0.2) is 21.4 Å². The third-order valence-electron chi connectivity index (χ3n) is 4.67. The van der Waals surface area contributed by atoms with E-state index in [0.717, 1.165) is 27.0 Å². The number of aromatic nitrogens is 1. The molecular formula is C24H26ClNO3S2. The molecule has 0 radical (unpaired) electrons. The second-order valence-electron chi connectivity index (χ2n) is 8.09. The zero-order chi connectivity index (χ0) is 22.4. The highest BCUT2D eigenvalue weighted by atomic mass is 35.5. The molecule has 7 heteroatoms. The molecule has 0 aliphatic rings. The summed E-state index contributed by atoms with van der Waals surface area (Å²) >= 11 is 9.59. The van der Waals surface area contributed by atoms with Gasteiger partial charge in [-0.3, -0.25) is 4.79 Å². The molecule has 0 spiro atoms. The molecule has 3 rings (SSSR count). The van der Waals surface area contributed by atoms with Crippen molar-refractivity contribution in [1.82, 2.24) is 4.73 Å². The van der Waals surface area contributed by atoms with E-state index in [-0.39, 0.29) is 12.0 Å². The number of ether oxygens (including phenoxy) is 1. The van der Waals surface area contributed by atoms with Gasteiger partial charge in [0.15, 0.2) is 0 Å². The van der Waals surface area contributed by atoms with Crippen molar-refractivity contribution >= 4 is 35.1 Å². The minimum Gasteiger partial charge on any atom is -0.489 e. The lowest BCUT2D eigenvalue weighted by Crippen LogP contribution is -2.23. The highest BCUT2D eigenvalue weighted by molar-refractivity contribution is 8.00. The molecular weight excluding hydrogens is 450 g/mol. The first kappa shape index (κ1) is 23.6. The van der Waals surface area contributed by atoms with E-state index in [2.05, 4.69) is 32.0 Å². The first-order valence-corrected chi connectivity index (χ1v) is 12.2. The van der Waals surface area contributed by atoms with Gasteiger partial charge in [-0.1, -0.05) is 31.5 Å². The van der Waals surface area contributed by atoms with Crippen LogP contribution < -0.4 is 10.3 Å². The van der Waals surface area contributed by atoms with E-state index in [4.69, 9.17) is 16.3 Å². The maximum Gasteiger partial charge on any atom is 0.289 e. The van der Waals surface area contributed by atoms with Crippen molar-refractivity contribution in [2.45, 2.75) is 37.2 Å². The largest absolute Gasteiger partial charge is 0.489 e. The van der Waals surface area contributed by atoms with Gasteiger partial charge in [0.1, 0.15) is 12.4 Å². The molecule has 1 heterocycles. The summed E-state index contributed by atoms with van der Waals surface area (Å²) in [6.07, 6.45) is 1.34. The molecule has 1 N–H and O–H groups in total. The van der Waals surface area contributed by atoms with Crippen LogP contribution in [0.1, 0.15) is 25.0 Å². The monoisotopic (exact) mass is 475 g/mol. The lowest BCUT2D eigenvalue weighted by atomic mass is 10.0. The van der Waals surface area contributed by atoms with Crippen molar-refractivity contribution < 1.29 is 9.94 Å². The van der Waals surface area contributed by atoms with Gasteiger partial charge in [0.2, 0.25) is 0 Å². The number of hydrogen-bond donors (Lipinski definition) is 1. The predicted octanol–water partition coefficient (Wildman–Crippen LogP) is 6.54. The lowest BCUT2D eigenvalue weighted by Gasteiger charge is -2.23. The number of nitrogens with zero attached hydrogens (tertiary/aromatic N) is 1. The fourth-order valence-electron chi connectivity index (χ4n) is 2.77. The zero-order valence-electron chi connectivity index (χ0n) is 17.8. The lowest BCUT2D eigenvalue weighted by molar-refractivity contribution is 0.171. The SMILES string of the molecule is Cc1ccn(O)c(=O)c1COc1cccc(SCC(C)(C)CSc2ccc(Cl)cc2)c1. The number of benzene rings is 2. The van der Waals surface area contributed by atoms with E-state index in [1.807, 2.05) is 49.0 Å². The van der Waals surface area contributed by atoms with Gasteiger partial charge in [-0.05, 0) is 66.4 Å². The fourth-order valence-corrected chi connectivity index (χ4v) is 5.05. The van der Waals surface area contributed by atoms with E-state index in [0.29, 0.717) is 16.0 Å². The van der Waals surface area contributed by atoms with Crippen LogP contribution in [-0.2, 0) is 6.61 Å². The number of thioether (sulfide) groups is 2. The van der Waals surface area contributed by atoms with Crippen LogP contribution in [0.15, 0.2) is 75.4 Å². The van der Waals surface area contributed by atoms with Gasteiger partial charge in [0.05, 0.1) is 5.56 Å². The predicted molar refractivity (Wildman–Crippen MR) is 130 cm³/mol. The van der Waals surface area contributed by atoms with Gasteiger partial charge in [-0.2, -0.15) is 4.73 Å². The molecule has 164 valence electrons. The number of rotatable bonds is 9. The van der Waals surface area contributed by atoms with Crippen molar-refractivity contribution in [3.05, 3.63) is 87.3 Å². The Balaban J connectivity index is 1.56. The third kappa shape index (κ3) is 6.99. The fraction of sp³-hybridized carbons (Fsp3) is 0.292. The first-order chi connectivity index (χ1) is 14.7. The molecule has 0 fully saturated rings. The van der Waals surface area contributed by atoms with E-state index >= 15 is 0 Å². The summed E-state index contributed by atoms with van der Waals surface area (Å²) in [7, 11) is 0. The van der Waals surface area contributed by atoms with Crippen LogP contribution in [0.5, 0.6) is 5.75 Å². The Hall–Kier alpha value is -2.02. The molecule has 31 heavy (non-hydrogen) atoms. The molecule has 0 unspecified atom stereocenters. The highest BCUT2D eigenvalue weighted by Crippen LogP contribution is 2.34. The highest BCUT2D eigenvalue weighted by Gasteiger charge is 2.19. The molecule has 0 saturated carbocycles. The summed E-state index contributed by atoms with van der Waals surface area (Å²) < 4.78 is 6.43.